The first-order valence-corrected chi connectivity index (χ1v) is 7.76. The van der Waals surface area contributed by atoms with E-state index in [9.17, 15) is 10.0 Å². The Balaban J connectivity index is 2.06. The zero-order valence-corrected chi connectivity index (χ0v) is 13.4. The Labute approximate surface area is 134 Å². The minimum absolute atomic E-state index is 0.184. The van der Waals surface area contributed by atoms with Gasteiger partial charge >= 0.3 is 6.03 Å². The number of hydroxylamine groups is 2. The fraction of sp³-hybridized carbons (Fsp3) is 0.278. The van der Waals surface area contributed by atoms with Crippen LogP contribution in [0.2, 0.25) is 0 Å². The van der Waals surface area contributed by atoms with E-state index >= 15 is 0 Å². The van der Waals surface area contributed by atoms with Crippen LogP contribution in [-0.2, 0) is 6.42 Å². The number of hydrogen-bond acceptors (Lipinski definition) is 2. The zero-order chi connectivity index (χ0) is 16.6. The Morgan fingerprint density at radius 3 is 2.57 bits per heavy atom. The molecule has 5 nitrogen and oxygen atoms in total. The van der Waals surface area contributed by atoms with Gasteiger partial charge in [-0.1, -0.05) is 24.3 Å². The number of carbonyl (C=O) groups excluding carboxylic acids is 1. The van der Waals surface area contributed by atoms with E-state index in [0.29, 0.717) is 17.5 Å². The summed E-state index contributed by atoms with van der Waals surface area (Å²) in [5, 5.41) is 12.4. The lowest BCUT2D eigenvalue weighted by Crippen LogP contribution is -2.34. The molecule has 3 aromatic rings. The third kappa shape index (κ3) is 2.75. The maximum absolute atomic E-state index is 10.9. The van der Waals surface area contributed by atoms with Gasteiger partial charge in [0.2, 0.25) is 0 Å². The van der Waals surface area contributed by atoms with Gasteiger partial charge in [-0.2, -0.15) is 0 Å². The van der Waals surface area contributed by atoms with Gasteiger partial charge in [0.1, 0.15) is 0 Å². The van der Waals surface area contributed by atoms with E-state index in [1.807, 2.05) is 12.1 Å². The zero-order valence-electron chi connectivity index (χ0n) is 13.4. The van der Waals surface area contributed by atoms with Crippen LogP contribution in [-0.4, -0.2) is 27.4 Å². The maximum Gasteiger partial charge on any atom is 0.338 e. The van der Waals surface area contributed by atoms with Crippen molar-refractivity contribution in [3.8, 4) is 0 Å². The number of benzene rings is 2. The number of hydrogen-bond donors (Lipinski definition) is 2. The van der Waals surface area contributed by atoms with Gasteiger partial charge < -0.3 is 10.3 Å². The second-order valence-electron chi connectivity index (χ2n) is 6.04. The predicted octanol–water partition coefficient (Wildman–Crippen LogP) is 3.69. The Bertz CT molecular complexity index is 867. The van der Waals surface area contributed by atoms with Crippen LogP contribution in [0.15, 0.2) is 42.5 Å². The summed E-state index contributed by atoms with van der Waals surface area (Å²) >= 11 is 0. The van der Waals surface area contributed by atoms with Gasteiger partial charge in [-0.15, -0.1) is 0 Å². The minimum Gasteiger partial charge on any atom is -0.350 e. The molecule has 23 heavy (non-hydrogen) atoms. The molecule has 5 heteroatoms. The molecule has 0 bridgehead atoms. The molecule has 2 amide bonds. The van der Waals surface area contributed by atoms with Crippen molar-refractivity contribution < 1.29 is 10.0 Å². The Kier molecular flexibility index (Phi) is 3.96. The summed E-state index contributed by atoms with van der Waals surface area (Å²) < 4.78 is 2.33. The van der Waals surface area contributed by atoms with E-state index in [1.54, 1.807) is 0 Å². The second kappa shape index (κ2) is 5.93. The first-order chi connectivity index (χ1) is 11.0. The van der Waals surface area contributed by atoms with E-state index in [1.165, 1.54) is 21.8 Å². The van der Waals surface area contributed by atoms with E-state index in [0.717, 1.165) is 5.56 Å². The van der Waals surface area contributed by atoms with Gasteiger partial charge in [-0.3, -0.25) is 5.21 Å². The average Bonchev–Trinajstić information content (AvgIpc) is 2.86. The van der Waals surface area contributed by atoms with E-state index < -0.39 is 6.03 Å². The fourth-order valence-corrected chi connectivity index (χ4v) is 3.11. The summed E-state index contributed by atoms with van der Waals surface area (Å²) in [7, 11) is 0. The largest absolute Gasteiger partial charge is 0.350 e. The number of amides is 2. The number of urea groups is 1. The molecular formula is C18H21N3O2. The topological polar surface area (TPSA) is 71.5 Å². The van der Waals surface area contributed by atoms with Crippen molar-refractivity contribution in [1.29, 1.82) is 0 Å². The highest BCUT2D eigenvalue weighted by Crippen LogP contribution is 2.32. The number of nitrogens with two attached hydrogens (primary N) is 1. The summed E-state index contributed by atoms with van der Waals surface area (Å²) in [5.41, 5.74) is 8.51. The third-order valence-corrected chi connectivity index (χ3v) is 4.16. The van der Waals surface area contributed by atoms with Crippen LogP contribution < -0.4 is 5.73 Å². The Morgan fingerprint density at radius 1 is 1.17 bits per heavy atom. The predicted molar refractivity (Wildman–Crippen MR) is 91.6 cm³/mol. The lowest BCUT2D eigenvalue weighted by molar-refractivity contribution is -0.0382. The molecule has 0 fully saturated rings. The number of primary amides is 1. The maximum atomic E-state index is 10.9. The highest BCUT2D eigenvalue weighted by molar-refractivity contribution is 6.08. The van der Waals surface area contributed by atoms with Crippen molar-refractivity contribution in [2.45, 2.75) is 26.3 Å². The first kappa shape index (κ1) is 15.4. The van der Waals surface area contributed by atoms with Gasteiger partial charge in [0, 0.05) is 27.8 Å². The van der Waals surface area contributed by atoms with Crippen molar-refractivity contribution in [3.05, 3.63) is 48.0 Å². The summed E-state index contributed by atoms with van der Waals surface area (Å²) in [5.74, 6) is 0. The molecular weight excluding hydrogens is 290 g/mol. The number of para-hydroxylation sites is 1. The highest BCUT2D eigenvalue weighted by Gasteiger charge is 2.13. The molecule has 1 heterocycles. The average molecular weight is 311 g/mol. The minimum atomic E-state index is -0.831. The van der Waals surface area contributed by atoms with Gasteiger partial charge in [0.05, 0.1) is 6.54 Å². The fourth-order valence-electron chi connectivity index (χ4n) is 3.11. The molecule has 0 unspecified atom stereocenters. The van der Waals surface area contributed by atoms with Crippen molar-refractivity contribution in [2.24, 2.45) is 5.73 Å². The molecule has 0 radical (unpaired) electrons. The van der Waals surface area contributed by atoms with Crippen molar-refractivity contribution in [3.63, 3.8) is 0 Å². The standard InChI is InChI=1S/C18H21N3O2/c1-12(2)21-16-6-4-3-5-14(16)15-11-13(7-8-17(15)21)9-10-20(23)18(19)22/h3-8,11-12,23H,9-10H2,1-2H3,(H2,19,22). The van der Waals surface area contributed by atoms with Gasteiger partial charge in [-0.05, 0) is 44.0 Å². The molecule has 3 rings (SSSR count). The summed E-state index contributed by atoms with van der Waals surface area (Å²) in [6.07, 6.45) is 0.552. The van der Waals surface area contributed by atoms with Gasteiger partial charge in [-0.25, -0.2) is 9.86 Å². The molecule has 0 aliphatic heterocycles. The van der Waals surface area contributed by atoms with Crippen molar-refractivity contribution >= 4 is 27.8 Å². The highest BCUT2D eigenvalue weighted by atomic mass is 16.5. The normalized spacial score (nSPS) is 11.5. The number of carbonyl (C=O) groups is 1. The molecule has 0 aliphatic rings. The van der Waals surface area contributed by atoms with Crippen LogP contribution in [0.1, 0.15) is 25.5 Å². The van der Waals surface area contributed by atoms with Crippen LogP contribution in [0, 0.1) is 0 Å². The number of aromatic nitrogens is 1. The smallest absolute Gasteiger partial charge is 0.338 e. The molecule has 120 valence electrons. The van der Waals surface area contributed by atoms with E-state index in [2.05, 4.69) is 48.7 Å². The first-order valence-electron chi connectivity index (χ1n) is 7.76. The lowest BCUT2D eigenvalue weighted by atomic mass is 10.1. The second-order valence-corrected chi connectivity index (χ2v) is 6.04. The number of rotatable bonds is 4. The number of nitrogens with zero attached hydrogens (tertiary/aromatic N) is 2. The van der Waals surface area contributed by atoms with Gasteiger partial charge in [0.25, 0.3) is 0 Å². The molecule has 0 atom stereocenters. The molecule has 3 N–H and O–H groups in total. The van der Waals surface area contributed by atoms with E-state index in [-0.39, 0.29) is 6.54 Å². The summed E-state index contributed by atoms with van der Waals surface area (Å²) in [6, 6.07) is 14.2. The van der Waals surface area contributed by atoms with Crippen LogP contribution in [0.25, 0.3) is 21.8 Å². The van der Waals surface area contributed by atoms with Crippen molar-refractivity contribution in [2.75, 3.05) is 6.54 Å². The molecule has 0 saturated carbocycles. The molecule has 1 aromatic heterocycles. The quantitative estimate of drug-likeness (QED) is 0.570. The van der Waals surface area contributed by atoms with Crippen LogP contribution in [0.5, 0.6) is 0 Å². The molecule has 0 aliphatic carbocycles. The Hall–Kier alpha value is -2.53. The van der Waals surface area contributed by atoms with Gasteiger partial charge in [0.15, 0.2) is 0 Å². The molecule has 2 aromatic carbocycles. The summed E-state index contributed by atoms with van der Waals surface area (Å²) in [6.45, 7) is 4.54. The summed E-state index contributed by atoms with van der Waals surface area (Å²) in [4.78, 5) is 10.9. The molecule has 0 spiro atoms. The number of fused-ring (bicyclic) bond motifs is 3. The monoisotopic (exact) mass is 311 g/mol. The molecule has 0 saturated heterocycles. The SMILES string of the molecule is CC(C)n1c2ccccc2c2cc(CCN(O)C(N)=O)ccc21. The third-order valence-electron chi connectivity index (χ3n) is 4.16. The lowest BCUT2D eigenvalue weighted by Gasteiger charge is -2.13. The van der Waals surface area contributed by atoms with Crippen LogP contribution in [0.4, 0.5) is 4.79 Å². The van der Waals surface area contributed by atoms with E-state index in [4.69, 9.17) is 5.73 Å². The van der Waals surface area contributed by atoms with Crippen molar-refractivity contribution in [1.82, 2.24) is 9.63 Å². The Morgan fingerprint density at radius 2 is 1.87 bits per heavy atom. The van der Waals surface area contributed by atoms with Crippen LogP contribution in [0.3, 0.4) is 0 Å². The van der Waals surface area contributed by atoms with Crippen LogP contribution >= 0.6 is 0 Å².